The largest absolute Gasteiger partial charge is 0.361 e. The average Bonchev–Trinajstić information content (AvgIpc) is 3.15. The second-order valence-electron chi connectivity index (χ2n) is 6.57. The lowest BCUT2D eigenvalue weighted by Gasteiger charge is -2.18. The molecule has 140 valence electrons. The number of amides is 2. The van der Waals surface area contributed by atoms with E-state index in [1.54, 1.807) is 12.1 Å². The minimum atomic E-state index is -0.464. The lowest BCUT2D eigenvalue weighted by molar-refractivity contribution is 0.251. The summed E-state index contributed by atoms with van der Waals surface area (Å²) in [5, 5.41) is 6.56. The van der Waals surface area contributed by atoms with E-state index in [0.29, 0.717) is 6.54 Å². The van der Waals surface area contributed by atoms with E-state index in [9.17, 15) is 9.18 Å². The normalized spacial score (nSPS) is 11.9. The highest BCUT2D eigenvalue weighted by atomic mass is 19.1. The van der Waals surface area contributed by atoms with Gasteiger partial charge in [-0.15, -0.1) is 0 Å². The molecule has 0 fully saturated rings. The number of benzene rings is 3. The van der Waals surface area contributed by atoms with Crippen LogP contribution < -0.4 is 10.6 Å². The maximum atomic E-state index is 13.8. The number of aromatic nitrogens is 1. The number of aromatic amines is 1. The molecule has 0 aliphatic rings. The van der Waals surface area contributed by atoms with E-state index in [4.69, 9.17) is 0 Å². The molecule has 3 aromatic carbocycles. The molecule has 1 atom stereocenters. The zero-order valence-electron chi connectivity index (χ0n) is 15.2. The van der Waals surface area contributed by atoms with E-state index >= 15 is 0 Å². The Balaban J connectivity index is 1.57. The third-order valence-electron chi connectivity index (χ3n) is 4.79. The SMILES string of the molecule is O=C(NCC(c1ccccc1)c1c[nH]c2ccccc12)Nc1ccccc1F. The Morgan fingerprint density at radius 1 is 0.929 bits per heavy atom. The molecule has 28 heavy (non-hydrogen) atoms. The molecule has 0 aliphatic heterocycles. The van der Waals surface area contributed by atoms with Crippen molar-refractivity contribution < 1.29 is 9.18 Å². The summed E-state index contributed by atoms with van der Waals surface area (Å²) >= 11 is 0. The summed E-state index contributed by atoms with van der Waals surface area (Å²) in [4.78, 5) is 15.6. The first-order chi connectivity index (χ1) is 13.7. The molecule has 0 bridgehead atoms. The molecule has 5 heteroatoms. The third-order valence-corrected chi connectivity index (χ3v) is 4.79. The molecular formula is C23H20FN3O. The third kappa shape index (κ3) is 3.74. The van der Waals surface area contributed by atoms with Crippen molar-refractivity contribution in [1.29, 1.82) is 0 Å². The molecule has 0 aliphatic carbocycles. The number of urea groups is 1. The van der Waals surface area contributed by atoms with Crippen molar-refractivity contribution in [2.24, 2.45) is 0 Å². The zero-order chi connectivity index (χ0) is 19.3. The van der Waals surface area contributed by atoms with Crippen LogP contribution in [0.2, 0.25) is 0 Å². The van der Waals surface area contributed by atoms with Gasteiger partial charge >= 0.3 is 6.03 Å². The monoisotopic (exact) mass is 373 g/mol. The van der Waals surface area contributed by atoms with Crippen LogP contribution in [0.5, 0.6) is 0 Å². The summed E-state index contributed by atoms with van der Waals surface area (Å²) in [6, 6.07) is 23.8. The smallest absolute Gasteiger partial charge is 0.319 e. The Bertz CT molecular complexity index is 1090. The molecule has 1 unspecified atom stereocenters. The van der Waals surface area contributed by atoms with E-state index in [0.717, 1.165) is 22.0 Å². The topological polar surface area (TPSA) is 56.9 Å². The molecule has 0 saturated heterocycles. The number of carbonyl (C=O) groups excluding carboxylic acids is 1. The van der Waals surface area contributed by atoms with Crippen molar-refractivity contribution in [1.82, 2.24) is 10.3 Å². The number of hydrogen-bond acceptors (Lipinski definition) is 1. The first-order valence-corrected chi connectivity index (χ1v) is 9.12. The van der Waals surface area contributed by atoms with Crippen LogP contribution in [-0.4, -0.2) is 17.6 Å². The summed E-state index contributed by atoms with van der Waals surface area (Å²) in [6.07, 6.45) is 1.98. The number of nitrogens with one attached hydrogen (secondary N) is 3. The van der Waals surface area contributed by atoms with Gasteiger partial charge in [-0.2, -0.15) is 0 Å². The molecule has 0 spiro atoms. The molecule has 0 radical (unpaired) electrons. The first-order valence-electron chi connectivity index (χ1n) is 9.12. The predicted molar refractivity (Wildman–Crippen MR) is 110 cm³/mol. The van der Waals surface area contributed by atoms with Crippen molar-refractivity contribution in [3.8, 4) is 0 Å². The number of H-pyrrole nitrogens is 1. The molecule has 4 rings (SSSR count). The Hall–Kier alpha value is -3.60. The second-order valence-corrected chi connectivity index (χ2v) is 6.57. The van der Waals surface area contributed by atoms with Crippen molar-refractivity contribution in [3.05, 3.63) is 102 Å². The van der Waals surface area contributed by atoms with Crippen LogP contribution in [-0.2, 0) is 0 Å². The van der Waals surface area contributed by atoms with Gasteiger partial charge in [0.15, 0.2) is 0 Å². The lowest BCUT2D eigenvalue weighted by Crippen LogP contribution is -2.33. The fourth-order valence-electron chi connectivity index (χ4n) is 3.40. The molecule has 4 nitrogen and oxygen atoms in total. The van der Waals surface area contributed by atoms with E-state index in [1.807, 2.05) is 54.7 Å². The maximum Gasteiger partial charge on any atom is 0.319 e. The average molecular weight is 373 g/mol. The first kappa shape index (κ1) is 17.8. The lowest BCUT2D eigenvalue weighted by atomic mass is 9.91. The summed E-state index contributed by atoms with van der Waals surface area (Å²) < 4.78 is 13.8. The van der Waals surface area contributed by atoms with Gasteiger partial charge in [-0.1, -0.05) is 60.7 Å². The zero-order valence-corrected chi connectivity index (χ0v) is 15.2. The van der Waals surface area contributed by atoms with E-state index in [-0.39, 0.29) is 11.6 Å². The van der Waals surface area contributed by atoms with Crippen LogP contribution in [0.15, 0.2) is 85.1 Å². The number of hydrogen-bond donors (Lipinski definition) is 3. The van der Waals surface area contributed by atoms with Gasteiger partial charge in [0.1, 0.15) is 5.82 Å². The molecule has 0 saturated carbocycles. The van der Waals surface area contributed by atoms with Gasteiger partial charge in [0, 0.05) is 29.6 Å². The van der Waals surface area contributed by atoms with E-state index < -0.39 is 11.8 Å². The van der Waals surface area contributed by atoms with Gasteiger partial charge in [0.2, 0.25) is 0 Å². The van der Waals surface area contributed by atoms with Crippen LogP contribution >= 0.6 is 0 Å². The predicted octanol–water partition coefficient (Wildman–Crippen LogP) is 5.26. The molecule has 1 heterocycles. The molecular weight excluding hydrogens is 353 g/mol. The number of anilines is 1. The standard InChI is InChI=1S/C23H20FN3O/c24-20-11-5-7-13-22(20)27-23(28)26-14-18(16-8-2-1-3-9-16)19-15-25-21-12-6-4-10-17(19)21/h1-13,15,18,25H,14H2,(H2,26,27,28). The summed E-state index contributed by atoms with van der Waals surface area (Å²) in [6.45, 7) is 0.381. The maximum absolute atomic E-state index is 13.8. The minimum absolute atomic E-state index is 0.0382. The summed E-state index contributed by atoms with van der Waals surface area (Å²) in [5.41, 5.74) is 3.41. The van der Waals surface area contributed by atoms with Gasteiger partial charge in [-0.25, -0.2) is 9.18 Å². The highest BCUT2D eigenvalue weighted by Crippen LogP contribution is 2.30. The molecule has 4 aromatic rings. The Morgan fingerprint density at radius 2 is 1.64 bits per heavy atom. The number of carbonyl (C=O) groups is 1. The van der Waals surface area contributed by atoms with Crippen LogP contribution in [0.3, 0.4) is 0 Å². The quantitative estimate of drug-likeness (QED) is 0.439. The Kier molecular flexibility index (Phi) is 5.06. The van der Waals surface area contributed by atoms with Crippen LogP contribution in [0.1, 0.15) is 17.0 Å². The summed E-state index contributed by atoms with van der Waals surface area (Å²) in [7, 11) is 0. The van der Waals surface area contributed by atoms with Crippen molar-refractivity contribution in [2.45, 2.75) is 5.92 Å². The molecule has 3 N–H and O–H groups in total. The summed E-state index contributed by atoms with van der Waals surface area (Å²) in [5.74, 6) is -0.502. The van der Waals surface area contributed by atoms with Crippen molar-refractivity contribution >= 4 is 22.6 Å². The number of halogens is 1. The van der Waals surface area contributed by atoms with E-state index in [2.05, 4.69) is 21.7 Å². The Labute approximate surface area is 162 Å². The number of rotatable bonds is 5. The minimum Gasteiger partial charge on any atom is -0.361 e. The van der Waals surface area contributed by atoms with Crippen LogP contribution in [0.4, 0.5) is 14.9 Å². The van der Waals surface area contributed by atoms with Gasteiger partial charge in [-0.05, 0) is 29.3 Å². The van der Waals surface area contributed by atoms with Crippen molar-refractivity contribution in [3.63, 3.8) is 0 Å². The van der Waals surface area contributed by atoms with Crippen LogP contribution in [0.25, 0.3) is 10.9 Å². The number of para-hydroxylation sites is 2. The Morgan fingerprint density at radius 3 is 2.46 bits per heavy atom. The molecule has 2 amide bonds. The van der Waals surface area contributed by atoms with Gasteiger partial charge in [0.25, 0.3) is 0 Å². The van der Waals surface area contributed by atoms with Gasteiger partial charge in [-0.3, -0.25) is 0 Å². The molecule has 1 aromatic heterocycles. The highest BCUT2D eigenvalue weighted by Gasteiger charge is 2.19. The second kappa shape index (κ2) is 7.96. The highest BCUT2D eigenvalue weighted by molar-refractivity contribution is 5.89. The van der Waals surface area contributed by atoms with Crippen LogP contribution in [0, 0.1) is 5.82 Å². The number of fused-ring (bicyclic) bond motifs is 1. The fraction of sp³-hybridized carbons (Fsp3) is 0.0870. The van der Waals surface area contributed by atoms with Gasteiger partial charge < -0.3 is 15.6 Å². The van der Waals surface area contributed by atoms with E-state index in [1.165, 1.54) is 12.1 Å². The van der Waals surface area contributed by atoms with Gasteiger partial charge in [0.05, 0.1) is 5.69 Å². The van der Waals surface area contributed by atoms with Crippen molar-refractivity contribution in [2.75, 3.05) is 11.9 Å². The fourth-order valence-corrected chi connectivity index (χ4v) is 3.40.